The summed E-state index contributed by atoms with van der Waals surface area (Å²) in [6.07, 6.45) is 2.29. The highest BCUT2D eigenvalue weighted by Gasteiger charge is 2.08. The number of nitrogens with one attached hydrogen (secondary N) is 2. The van der Waals surface area contributed by atoms with Crippen LogP contribution in [0.25, 0.3) is 0 Å². The lowest BCUT2D eigenvalue weighted by Crippen LogP contribution is -2.13. The van der Waals surface area contributed by atoms with Crippen LogP contribution in [0.2, 0.25) is 0 Å². The number of nitrogen functional groups attached to an aromatic ring is 1. The zero-order valence-corrected chi connectivity index (χ0v) is 9.64. The van der Waals surface area contributed by atoms with Crippen molar-refractivity contribution in [2.45, 2.75) is 13.3 Å². The SMILES string of the molecule is CCc1c(NN)ncnc1Nc1ccccc1. The largest absolute Gasteiger partial charge is 0.340 e. The minimum atomic E-state index is 0.654. The van der Waals surface area contributed by atoms with Crippen molar-refractivity contribution in [1.82, 2.24) is 9.97 Å². The molecule has 5 heteroatoms. The summed E-state index contributed by atoms with van der Waals surface area (Å²) in [5.74, 6) is 6.85. The van der Waals surface area contributed by atoms with Crippen molar-refractivity contribution in [2.24, 2.45) is 5.84 Å². The topological polar surface area (TPSA) is 75.9 Å². The van der Waals surface area contributed by atoms with Gasteiger partial charge >= 0.3 is 0 Å². The molecule has 0 radical (unpaired) electrons. The third kappa shape index (κ3) is 2.51. The van der Waals surface area contributed by atoms with Crippen LogP contribution < -0.4 is 16.6 Å². The highest BCUT2D eigenvalue weighted by atomic mass is 15.3. The summed E-state index contributed by atoms with van der Waals surface area (Å²) >= 11 is 0. The third-order valence-corrected chi connectivity index (χ3v) is 2.47. The second-order valence-electron chi connectivity index (χ2n) is 3.54. The summed E-state index contributed by atoms with van der Waals surface area (Å²) < 4.78 is 0. The Morgan fingerprint density at radius 2 is 1.82 bits per heavy atom. The second kappa shape index (κ2) is 5.27. The number of benzene rings is 1. The number of hydrogen-bond acceptors (Lipinski definition) is 5. The molecule has 0 saturated carbocycles. The first kappa shape index (κ1) is 11.3. The molecule has 5 nitrogen and oxygen atoms in total. The summed E-state index contributed by atoms with van der Waals surface area (Å²) in [5, 5.41) is 3.25. The minimum Gasteiger partial charge on any atom is -0.340 e. The molecule has 1 aromatic heterocycles. The highest BCUT2D eigenvalue weighted by Crippen LogP contribution is 2.22. The molecule has 0 atom stereocenters. The lowest BCUT2D eigenvalue weighted by molar-refractivity contribution is 1.04. The Morgan fingerprint density at radius 1 is 1.12 bits per heavy atom. The van der Waals surface area contributed by atoms with Crippen LogP contribution in [0.1, 0.15) is 12.5 Å². The fourth-order valence-electron chi connectivity index (χ4n) is 1.64. The molecule has 2 aromatic rings. The fourth-order valence-corrected chi connectivity index (χ4v) is 1.64. The first-order valence-electron chi connectivity index (χ1n) is 5.47. The number of hydrogen-bond donors (Lipinski definition) is 3. The highest BCUT2D eigenvalue weighted by molar-refractivity contribution is 5.64. The maximum Gasteiger partial charge on any atom is 0.148 e. The van der Waals surface area contributed by atoms with Gasteiger partial charge in [0.1, 0.15) is 18.0 Å². The Labute approximate surface area is 100 Å². The molecule has 2 rings (SSSR count). The van der Waals surface area contributed by atoms with Crippen molar-refractivity contribution in [2.75, 3.05) is 10.7 Å². The van der Waals surface area contributed by atoms with Crippen molar-refractivity contribution in [3.8, 4) is 0 Å². The maximum absolute atomic E-state index is 5.42. The van der Waals surface area contributed by atoms with Gasteiger partial charge in [-0.3, -0.25) is 0 Å². The molecule has 1 aromatic carbocycles. The number of nitrogens with two attached hydrogens (primary N) is 1. The average molecular weight is 229 g/mol. The smallest absolute Gasteiger partial charge is 0.148 e. The van der Waals surface area contributed by atoms with E-state index < -0.39 is 0 Å². The van der Waals surface area contributed by atoms with Crippen LogP contribution in [0.3, 0.4) is 0 Å². The number of anilines is 3. The first-order chi connectivity index (χ1) is 8.35. The third-order valence-electron chi connectivity index (χ3n) is 2.47. The van der Waals surface area contributed by atoms with Crippen LogP contribution in [0.4, 0.5) is 17.3 Å². The van der Waals surface area contributed by atoms with Gasteiger partial charge in [-0.2, -0.15) is 0 Å². The van der Waals surface area contributed by atoms with E-state index in [2.05, 4.69) is 20.7 Å². The lowest BCUT2D eigenvalue weighted by atomic mass is 10.2. The van der Waals surface area contributed by atoms with E-state index in [1.807, 2.05) is 37.3 Å². The monoisotopic (exact) mass is 229 g/mol. The quantitative estimate of drug-likeness (QED) is 0.552. The van der Waals surface area contributed by atoms with Crippen molar-refractivity contribution in [1.29, 1.82) is 0 Å². The van der Waals surface area contributed by atoms with Crippen molar-refractivity contribution in [3.05, 3.63) is 42.2 Å². The number of aromatic nitrogens is 2. The van der Waals surface area contributed by atoms with Crippen LogP contribution in [0.15, 0.2) is 36.7 Å². The zero-order valence-electron chi connectivity index (χ0n) is 9.64. The molecule has 0 bridgehead atoms. The zero-order chi connectivity index (χ0) is 12.1. The van der Waals surface area contributed by atoms with E-state index in [4.69, 9.17) is 5.84 Å². The first-order valence-corrected chi connectivity index (χ1v) is 5.47. The molecule has 0 saturated heterocycles. The van der Waals surface area contributed by atoms with Crippen molar-refractivity contribution >= 4 is 17.3 Å². The Morgan fingerprint density at radius 3 is 2.47 bits per heavy atom. The van der Waals surface area contributed by atoms with Crippen LogP contribution >= 0.6 is 0 Å². The van der Waals surface area contributed by atoms with Gasteiger partial charge in [-0.15, -0.1) is 0 Å². The summed E-state index contributed by atoms with van der Waals surface area (Å²) in [6, 6.07) is 9.88. The summed E-state index contributed by atoms with van der Waals surface area (Å²) in [4.78, 5) is 8.32. The van der Waals surface area contributed by atoms with E-state index >= 15 is 0 Å². The molecule has 88 valence electrons. The molecule has 0 aliphatic carbocycles. The lowest BCUT2D eigenvalue weighted by Gasteiger charge is -2.12. The van der Waals surface area contributed by atoms with Gasteiger partial charge in [0.05, 0.1) is 0 Å². The molecule has 0 fully saturated rings. The molecule has 0 aliphatic rings. The van der Waals surface area contributed by atoms with Gasteiger partial charge in [0.25, 0.3) is 0 Å². The van der Waals surface area contributed by atoms with E-state index in [1.165, 1.54) is 6.33 Å². The van der Waals surface area contributed by atoms with Gasteiger partial charge in [-0.1, -0.05) is 25.1 Å². The molecule has 0 unspecified atom stereocenters. The molecule has 4 N–H and O–H groups in total. The molecular weight excluding hydrogens is 214 g/mol. The number of nitrogens with zero attached hydrogens (tertiary/aromatic N) is 2. The van der Waals surface area contributed by atoms with E-state index in [9.17, 15) is 0 Å². The minimum absolute atomic E-state index is 0.654. The predicted molar refractivity (Wildman–Crippen MR) is 68.9 cm³/mol. The molecular formula is C12H15N5. The van der Waals surface area contributed by atoms with Crippen molar-refractivity contribution in [3.63, 3.8) is 0 Å². The van der Waals surface area contributed by atoms with Gasteiger partial charge < -0.3 is 10.7 Å². The Bertz CT molecular complexity index is 484. The number of hydrazine groups is 1. The van der Waals surface area contributed by atoms with Gasteiger partial charge in [0.2, 0.25) is 0 Å². The van der Waals surface area contributed by atoms with E-state index in [0.29, 0.717) is 5.82 Å². The Balaban J connectivity index is 2.33. The van der Waals surface area contributed by atoms with Gasteiger partial charge in [0, 0.05) is 11.3 Å². The summed E-state index contributed by atoms with van der Waals surface area (Å²) in [5.41, 5.74) is 4.54. The average Bonchev–Trinajstić information content (AvgIpc) is 2.39. The van der Waals surface area contributed by atoms with Gasteiger partial charge in [-0.25, -0.2) is 15.8 Å². The molecule has 0 aliphatic heterocycles. The Kier molecular flexibility index (Phi) is 3.52. The Hall–Kier alpha value is -2.14. The van der Waals surface area contributed by atoms with Crippen LogP contribution in [-0.2, 0) is 6.42 Å². The van der Waals surface area contributed by atoms with Crippen LogP contribution in [-0.4, -0.2) is 9.97 Å². The summed E-state index contributed by atoms with van der Waals surface area (Å²) in [6.45, 7) is 2.04. The normalized spacial score (nSPS) is 10.0. The molecule has 1 heterocycles. The van der Waals surface area contributed by atoms with Gasteiger partial charge in [0.15, 0.2) is 0 Å². The van der Waals surface area contributed by atoms with Crippen LogP contribution in [0, 0.1) is 0 Å². The fraction of sp³-hybridized carbons (Fsp3) is 0.167. The standard InChI is InChI=1S/C12H15N5/c1-2-10-11(14-8-15-12(10)17-13)16-9-6-4-3-5-7-9/h3-8H,2,13H2,1H3,(H2,14,15,16,17). The van der Waals surface area contributed by atoms with E-state index in [-0.39, 0.29) is 0 Å². The predicted octanol–water partition coefficient (Wildman–Crippen LogP) is 2.07. The molecule has 17 heavy (non-hydrogen) atoms. The van der Waals surface area contributed by atoms with Crippen molar-refractivity contribution < 1.29 is 0 Å². The molecule has 0 amide bonds. The van der Waals surface area contributed by atoms with Crippen LogP contribution in [0.5, 0.6) is 0 Å². The molecule has 0 spiro atoms. The maximum atomic E-state index is 5.42. The number of rotatable bonds is 4. The number of para-hydroxylation sites is 1. The second-order valence-corrected chi connectivity index (χ2v) is 3.54. The van der Waals surface area contributed by atoms with E-state index in [1.54, 1.807) is 0 Å². The summed E-state index contributed by atoms with van der Waals surface area (Å²) in [7, 11) is 0. The van der Waals surface area contributed by atoms with E-state index in [0.717, 1.165) is 23.5 Å². The van der Waals surface area contributed by atoms with Gasteiger partial charge in [-0.05, 0) is 18.6 Å².